The molecule has 4 nitrogen and oxygen atoms in total. The van der Waals surface area contributed by atoms with Gasteiger partial charge in [-0.3, -0.25) is 0 Å². The lowest BCUT2D eigenvalue weighted by Gasteiger charge is -2.37. The van der Waals surface area contributed by atoms with Crippen molar-refractivity contribution in [2.75, 3.05) is 19.8 Å². The molecule has 0 bridgehead atoms. The highest BCUT2D eigenvalue weighted by Crippen LogP contribution is 2.27. The summed E-state index contributed by atoms with van der Waals surface area (Å²) in [5, 5.41) is 30.9. The van der Waals surface area contributed by atoms with Gasteiger partial charge in [-0.15, -0.1) is 0 Å². The Bertz CT molecular complexity index is 178. The fourth-order valence-corrected chi connectivity index (χ4v) is 2.43. The molecular formula is C12H25NO3. The number of aliphatic hydroxyl groups is 3. The number of aliphatic hydroxyl groups excluding tert-OH is 3. The van der Waals surface area contributed by atoms with Crippen LogP contribution in [0.25, 0.3) is 0 Å². The Hall–Kier alpha value is -0.160. The van der Waals surface area contributed by atoms with Crippen LogP contribution in [-0.2, 0) is 0 Å². The van der Waals surface area contributed by atoms with Crippen molar-refractivity contribution in [3.8, 4) is 0 Å². The van der Waals surface area contributed by atoms with E-state index in [0.717, 1.165) is 18.8 Å². The van der Waals surface area contributed by atoms with Crippen LogP contribution < -0.4 is 5.32 Å². The molecule has 1 rings (SSSR count). The van der Waals surface area contributed by atoms with E-state index in [9.17, 15) is 15.3 Å². The summed E-state index contributed by atoms with van der Waals surface area (Å²) in [5.41, 5.74) is -0.913. The van der Waals surface area contributed by atoms with E-state index in [1.54, 1.807) is 0 Å². The minimum atomic E-state index is -0.913. The maximum Gasteiger partial charge on any atom is 0.0883 e. The Kier molecular flexibility index (Phi) is 5.69. The second-order valence-electron chi connectivity index (χ2n) is 5.02. The molecule has 16 heavy (non-hydrogen) atoms. The lowest BCUT2D eigenvalue weighted by Crippen LogP contribution is -2.58. The fraction of sp³-hybridized carbons (Fsp3) is 1.00. The highest BCUT2D eigenvalue weighted by Gasteiger charge is 2.32. The normalized spacial score (nSPS) is 27.0. The summed E-state index contributed by atoms with van der Waals surface area (Å²) in [6, 6.07) is 0.314. The SMILES string of the molecule is CCC1CCC(NC(CO)(CO)CO)CC1. The molecule has 0 aromatic carbocycles. The molecule has 0 aromatic rings. The van der Waals surface area contributed by atoms with Crippen molar-refractivity contribution in [1.29, 1.82) is 0 Å². The molecule has 0 radical (unpaired) electrons. The van der Waals surface area contributed by atoms with Crippen molar-refractivity contribution >= 4 is 0 Å². The van der Waals surface area contributed by atoms with E-state index in [1.807, 2.05) is 0 Å². The largest absolute Gasteiger partial charge is 0.394 e. The summed E-state index contributed by atoms with van der Waals surface area (Å²) in [5.74, 6) is 0.824. The maximum absolute atomic E-state index is 9.22. The first-order valence-electron chi connectivity index (χ1n) is 6.30. The van der Waals surface area contributed by atoms with Gasteiger partial charge >= 0.3 is 0 Å². The molecule has 0 aromatic heterocycles. The van der Waals surface area contributed by atoms with E-state index in [4.69, 9.17) is 0 Å². The van der Waals surface area contributed by atoms with Crippen LogP contribution in [0.5, 0.6) is 0 Å². The molecular weight excluding hydrogens is 206 g/mol. The Labute approximate surface area is 97.7 Å². The molecule has 0 atom stereocenters. The van der Waals surface area contributed by atoms with Gasteiger partial charge in [-0.25, -0.2) is 0 Å². The zero-order chi connectivity index (χ0) is 12.0. The summed E-state index contributed by atoms with van der Waals surface area (Å²) in [6.45, 7) is 1.53. The number of hydrogen-bond acceptors (Lipinski definition) is 4. The second kappa shape index (κ2) is 6.55. The maximum atomic E-state index is 9.22. The average Bonchev–Trinajstić information content (AvgIpc) is 2.37. The minimum Gasteiger partial charge on any atom is -0.394 e. The molecule has 0 unspecified atom stereocenters. The van der Waals surface area contributed by atoms with Crippen molar-refractivity contribution in [2.45, 2.75) is 50.6 Å². The van der Waals surface area contributed by atoms with Crippen molar-refractivity contribution in [3.63, 3.8) is 0 Å². The monoisotopic (exact) mass is 231 g/mol. The predicted octanol–water partition coefficient (Wildman–Crippen LogP) is 0.260. The molecule has 0 heterocycles. The Morgan fingerprint density at radius 1 is 1.00 bits per heavy atom. The molecule has 1 saturated carbocycles. The van der Waals surface area contributed by atoms with Gasteiger partial charge in [0.15, 0.2) is 0 Å². The highest BCUT2D eigenvalue weighted by atomic mass is 16.3. The van der Waals surface area contributed by atoms with Crippen LogP contribution >= 0.6 is 0 Å². The van der Waals surface area contributed by atoms with E-state index in [2.05, 4.69) is 12.2 Å². The summed E-state index contributed by atoms with van der Waals surface area (Å²) >= 11 is 0. The molecule has 1 aliphatic carbocycles. The Morgan fingerprint density at radius 3 is 1.88 bits per heavy atom. The third-order valence-corrected chi connectivity index (χ3v) is 3.84. The van der Waals surface area contributed by atoms with Crippen LogP contribution in [0, 0.1) is 5.92 Å². The lowest BCUT2D eigenvalue weighted by molar-refractivity contribution is 0.0288. The van der Waals surface area contributed by atoms with Crippen LogP contribution in [0.15, 0.2) is 0 Å². The summed E-state index contributed by atoms with van der Waals surface area (Å²) in [4.78, 5) is 0. The van der Waals surface area contributed by atoms with Gasteiger partial charge in [-0.1, -0.05) is 13.3 Å². The smallest absolute Gasteiger partial charge is 0.0883 e. The van der Waals surface area contributed by atoms with Gasteiger partial charge in [0.1, 0.15) is 0 Å². The van der Waals surface area contributed by atoms with Crippen LogP contribution in [0.4, 0.5) is 0 Å². The fourth-order valence-electron chi connectivity index (χ4n) is 2.43. The average molecular weight is 231 g/mol. The third kappa shape index (κ3) is 3.42. The van der Waals surface area contributed by atoms with Gasteiger partial charge in [0.2, 0.25) is 0 Å². The van der Waals surface area contributed by atoms with Gasteiger partial charge in [-0.2, -0.15) is 0 Å². The predicted molar refractivity (Wildman–Crippen MR) is 63.2 cm³/mol. The molecule has 96 valence electrons. The topological polar surface area (TPSA) is 72.7 Å². The van der Waals surface area contributed by atoms with Crippen LogP contribution in [0.3, 0.4) is 0 Å². The summed E-state index contributed by atoms with van der Waals surface area (Å²) in [6.07, 6.45) is 5.78. The first-order chi connectivity index (χ1) is 7.69. The molecule has 0 aliphatic heterocycles. The third-order valence-electron chi connectivity index (χ3n) is 3.84. The first kappa shape index (κ1) is 13.9. The number of rotatable bonds is 6. The summed E-state index contributed by atoms with van der Waals surface area (Å²) in [7, 11) is 0. The second-order valence-corrected chi connectivity index (χ2v) is 5.02. The molecule has 0 spiro atoms. The molecule has 0 saturated heterocycles. The van der Waals surface area contributed by atoms with Gasteiger partial charge in [-0.05, 0) is 31.6 Å². The van der Waals surface area contributed by atoms with Gasteiger partial charge < -0.3 is 20.6 Å². The Balaban J connectivity index is 2.42. The van der Waals surface area contributed by atoms with Crippen molar-refractivity contribution in [2.24, 2.45) is 5.92 Å². The molecule has 1 aliphatic rings. The van der Waals surface area contributed by atoms with Crippen molar-refractivity contribution in [1.82, 2.24) is 5.32 Å². The van der Waals surface area contributed by atoms with E-state index in [-0.39, 0.29) is 19.8 Å². The van der Waals surface area contributed by atoms with E-state index >= 15 is 0 Å². The van der Waals surface area contributed by atoms with Crippen molar-refractivity contribution in [3.05, 3.63) is 0 Å². The molecule has 0 amide bonds. The standard InChI is InChI=1S/C12H25NO3/c1-2-10-3-5-11(6-4-10)13-12(7-14,8-15)9-16/h10-11,13-16H,2-9H2,1H3. The van der Waals surface area contributed by atoms with Crippen molar-refractivity contribution < 1.29 is 15.3 Å². The highest BCUT2D eigenvalue weighted by molar-refractivity contribution is 4.91. The van der Waals surface area contributed by atoms with Crippen LogP contribution in [0.2, 0.25) is 0 Å². The number of hydrogen-bond donors (Lipinski definition) is 4. The van der Waals surface area contributed by atoms with Crippen LogP contribution in [0.1, 0.15) is 39.0 Å². The minimum absolute atomic E-state index is 0.228. The van der Waals surface area contributed by atoms with Crippen LogP contribution in [-0.4, -0.2) is 46.7 Å². The first-order valence-corrected chi connectivity index (χ1v) is 6.30. The van der Waals surface area contributed by atoms with E-state index < -0.39 is 5.54 Å². The lowest BCUT2D eigenvalue weighted by atomic mass is 9.83. The van der Waals surface area contributed by atoms with Gasteiger partial charge in [0.05, 0.1) is 25.4 Å². The van der Waals surface area contributed by atoms with Gasteiger partial charge in [0, 0.05) is 6.04 Å². The summed E-state index contributed by atoms with van der Waals surface area (Å²) < 4.78 is 0. The zero-order valence-electron chi connectivity index (χ0n) is 10.2. The Morgan fingerprint density at radius 2 is 1.50 bits per heavy atom. The van der Waals surface area contributed by atoms with E-state index in [1.165, 1.54) is 19.3 Å². The molecule has 4 heteroatoms. The zero-order valence-corrected chi connectivity index (χ0v) is 10.2. The molecule has 1 fully saturated rings. The van der Waals surface area contributed by atoms with Gasteiger partial charge in [0.25, 0.3) is 0 Å². The number of nitrogens with one attached hydrogen (secondary N) is 1. The molecule has 4 N–H and O–H groups in total. The van der Waals surface area contributed by atoms with E-state index in [0.29, 0.717) is 6.04 Å². The quantitative estimate of drug-likeness (QED) is 0.529.